The summed E-state index contributed by atoms with van der Waals surface area (Å²) in [5.74, 6) is -1.47. The molecule has 0 saturated carbocycles. The summed E-state index contributed by atoms with van der Waals surface area (Å²) in [6, 6.07) is 8.94. The third kappa shape index (κ3) is 3.62. The predicted octanol–water partition coefficient (Wildman–Crippen LogP) is 1.15. The van der Waals surface area contributed by atoms with Gasteiger partial charge in [-0.2, -0.15) is 4.99 Å². The summed E-state index contributed by atoms with van der Waals surface area (Å²) in [6.07, 6.45) is -0.442. The van der Waals surface area contributed by atoms with Crippen LogP contribution in [-0.2, 0) is 19.4 Å². The Morgan fingerprint density at radius 3 is 2.58 bits per heavy atom. The molecule has 2 saturated heterocycles. The summed E-state index contributed by atoms with van der Waals surface area (Å²) in [6.45, 7) is 0. The molecule has 1 amide bonds. The molecule has 0 aliphatic carbocycles. The largest absolute Gasteiger partial charge is 0.481 e. The van der Waals surface area contributed by atoms with Crippen LogP contribution in [0.5, 0.6) is 0 Å². The van der Waals surface area contributed by atoms with E-state index in [2.05, 4.69) is 4.99 Å². The van der Waals surface area contributed by atoms with Crippen molar-refractivity contribution in [3.05, 3.63) is 30.3 Å². The third-order valence-corrected chi connectivity index (χ3v) is 7.08. The van der Waals surface area contributed by atoms with Gasteiger partial charge >= 0.3 is 5.97 Å². The van der Waals surface area contributed by atoms with Gasteiger partial charge in [-0.1, -0.05) is 30.0 Å². The van der Waals surface area contributed by atoms with Gasteiger partial charge in [0.1, 0.15) is 0 Å². The number of amides is 1. The zero-order valence-corrected chi connectivity index (χ0v) is 14.3. The van der Waals surface area contributed by atoms with E-state index >= 15 is 0 Å². The highest BCUT2D eigenvalue weighted by molar-refractivity contribution is 8.16. The fourth-order valence-corrected chi connectivity index (χ4v) is 6.76. The van der Waals surface area contributed by atoms with Crippen LogP contribution in [0.1, 0.15) is 12.8 Å². The number of amidine groups is 1. The number of para-hydroxylation sites is 1. The lowest BCUT2D eigenvalue weighted by Gasteiger charge is -2.24. The number of aliphatic carboxylic acids is 1. The van der Waals surface area contributed by atoms with E-state index in [0.29, 0.717) is 5.17 Å². The minimum atomic E-state index is -3.10. The number of fused-ring (bicyclic) bond motifs is 1. The van der Waals surface area contributed by atoms with Gasteiger partial charge in [-0.25, -0.2) is 8.42 Å². The smallest absolute Gasteiger partial charge is 0.303 e. The van der Waals surface area contributed by atoms with Gasteiger partial charge in [0.25, 0.3) is 0 Å². The van der Waals surface area contributed by atoms with Crippen LogP contribution in [0.4, 0.5) is 5.69 Å². The second-order valence-electron chi connectivity index (χ2n) is 5.69. The lowest BCUT2D eigenvalue weighted by molar-refractivity contribution is -0.138. The maximum atomic E-state index is 11.9. The molecule has 2 fully saturated rings. The molecule has 2 heterocycles. The van der Waals surface area contributed by atoms with Crippen molar-refractivity contribution in [1.82, 2.24) is 0 Å². The molecule has 2 aliphatic heterocycles. The van der Waals surface area contributed by atoms with Gasteiger partial charge < -0.3 is 10.0 Å². The van der Waals surface area contributed by atoms with E-state index < -0.39 is 21.7 Å². The number of hydrogen-bond donors (Lipinski definition) is 1. The predicted molar refractivity (Wildman–Crippen MR) is 92.1 cm³/mol. The molecular weight excluding hydrogens is 352 g/mol. The normalized spacial score (nSPS) is 26.5. The van der Waals surface area contributed by atoms with E-state index in [-0.39, 0.29) is 35.6 Å². The van der Waals surface area contributed by atoms with Crippen molar-refractivity contribution in [1.29, 1.82) is 0 Å². The summed E-state index contributed by atoms with van der Waals surface area (Å²) in [5.41, 5.74) is 0.777. The zero-order chi connectivity index (χ0) is 17.3. The minimum absolute atomic E-state index is 0.0297. The van der Waals surface area contributed by atoms with Crippen molar-refractivity contribution < 1.29 is 23.1 Å². The van der Waals surface area contributed by atoms with E-state index in [1.54, 1.807) is 4.90 Å². The fourth-order valence-electron chi connectivity index (χ4n) is 2.83. The number of hydrogen-bond acceptors (Lipinski definition) is 5. The van der Waals surface area contributed by atoms with E-state index in [9.17, 15) is 18.0 Å². The molecule has 0 aromatic heterocycles. The molecule has 2 atom stereocenters. The standard InChI is InChI=1S/C15H16N2O5S2/c18-13(6-7-14(19)20)16-15-17(10-4-2-1-3-5-10)11-8-24(21,22)9-12(11)23-15/h1-5,11-12H,6-9H2,(H,19,20)/t11-,12-/m0/s1. The van der Waals surface area contributed by atoms with Gasteiger partial charge in [0.05, 0.1) is 24.0 Å². The lowest BCUT2D eigenvalue weighted by atomic mass is 10.2. The summed E-state index contributed by atoms with van der Waals surface area (Å²) in [5, 5.41) is 8.94. The molecule has 128 valence electrons. The molecule has 1 aromatic rings. The number of sulfone groups is 1. The van der Waals surface area contributed by atoms with Gasteiger partial charge in [-0.15, -0.1) is 0 Å². The minimum Gasteiger partial charge on any atom is -0.481 e. The van der Waals surface area contributed by atoms with Crippen LogP contribution < -0.4 is 4.90 Å². The molecule has 24 heavy (non-hydrogen) atoms. The Morgan fingerprint density at radius 1 is 1.21 bits per heavy atom. The number of rotatable bonds is 4. The number of carboxylic acids is 1. The van der Waals surface area contributed by atoms with Crippen molar-refractivity contribution in [2.45, 2.75) is 24.1 Å². The van der Waals surface area contributed by atoms with E-state index in [1.807, 2.05) is 30.3 Å². The third-order valence-electron chi connectivity index (χ3n) is 3.87. The Labute approximate surface area is 143 Å². The van der Waals surface area contributed by atoms with Crippen LogP contribution in [0, 0.1) is 0 Å². The molecule has 2 aliphatic rings. The first-order valence-corrected chi connectivity index (χ1v) is 10.1. The summed E-state index contributed by atoms with van der Waals surface area (Å²) >= 11 is 1.28. The van der Waals surface area contributed by atoms with Crippen LogP contribution in [0.2, 0.25) is 0 Å². The molecular formula is C15H16N2O5S2. The van der Waals surface area contributed by atoms with Crippen LogP contribution in [0.15, 0.2) is 35.3 Å². The number of aliphatic imine (C=N–C) groups is 1. The molecule has 3 rings (SSSR count). The lowest BCUT2D eigenvalue weighted by Crippen LogP contribution is -2.37. The second kappa shape index (κ2) is 6.56. The Balaban J connectivity index is 1.89. The van der Waals surface area contributed by atoms with Gasteiger partial charge in [-0.05, 0) is 12.1 Å². The average Bonchev–Trinajstić information content (AvgIpc) is 2.97. The van der Waals surface area contributed by atoms with Gasteiger partial charge in [0.2, 0.25) is 5.91 Å². The molecule has 1 aromatic carbocycles. The number of thioether (sulfide) groups is 1. The number of nitrogens with zero attached hydrogens (tertiary/aromatic N) is 2. The average molecular weight is 368 g/mol. The monoisotopic (exact) mass is 368 g/mol. The van der Waals surface area contributed by atoms with E-state index in [4.69, 9.17) is 5.11 Å². The first-order valence-electron chi connectivity index (χ1n) is 7.40. The zero-order valence-electron chi connectivity index (χ0n) is 12.7. The Bertz CT molecular complexity index is 791. The number of anilines is 1. The Morgan fingerprint density at radius 2 is 1.92 bits per heavy atom. The molecule has 0 radical (unpaired) electrons. The molecule has 0 unspecified atom stereocenters. The van der Waals surface area contributed by atoms with Gasteiger partial charge in [0.15, 0.2) is 15.0 Å². The molecule has 0 spiro atoms. The van der Waals surface area contributed by atoms with Crippen molar-refractivity contribution in [3.8, 4) is 0 Å². The van der Waals surface area contributed by atoms with Gasteiger partial charge in [0, 0.05) is 17.4 Å². The van der Waals surface area contributed by atoms with Gasteiger partial charge in [-0.3, -0.25) is 9.59 Å². The fraction of sp³-hybridized carbons (Fsp3) is 0.400. The highest BCUT2D eigenvalue weighted by Gasteiger charge is 2.49. The summed E-state index contributed by atoms with van der Waals surface area (Å²) in [4.78, 5) is 28.3. The number of carboxylic acid groups (broad SMARTS) is 1. The van der Waals surface area contributed by atoms with Crippen LogP contribution in [-0.4, -0.2) is 53.4 Å². The number of carbonyl (C=O) groups excluding carboxylic acids is 1. The molecule has 7 nitrogen and oxygen atoms in total. The SMILES string of the molecule is O=C(O)CCC(=O)N=C1S[C@H]2CS(=O)(=O)C[C@@H]2N1c1ccccc1. The van der Waals surface area contributed by atoms with Crippen molar-refractivity contribution in [2.75, 3.05) is 16.4 Å². The molecule has 1 N–H and O–H groups in total. The Hall–Kier alpha value is -1.87. The topological polar surface area (TPSA) is 104 Å². The first kappa shape index (κ1) is 17.0. The highest BCUT2D eigenvalue weighted by Crippen LogP contribution is 2.40. The van der Waals surface area contributed by atoms with Crippen molar-refractivity contribution in [3.63, 3.8) is 0 Å². The number of carbonyl (C=O) groups is 2. The Kier molecular flexibility index (Phi) is 4.64. The highest BCUT2D eigenvalue weighted by atomic mass is 32.2. The van der Waals surface area contributed by atoms with E-state index in [0.717, 1.165) is 5.69 Å². The second-order valence-corrected chi connectivity index (χ2v) is 9.05. The summed E-state index contributed by atoms with van der Waals surface area (Å²) in [7, 11) is -3.10. The van der Waals surface area contributed by atoms with Crippen LogP contribution in [0.3, 0.4) is 0 Å². The van der Waals surface area contributed by atoms with Crippen LogP contribution in [0.25, 0.3) is 0 Å². The van der Waals surface area contributed by atoms with Crippen LogP contribution >= 0.6 is 11.8 Å². The molecule has 9 heteroatoms. The quantitative estimate of drug-likeness (QED) is 0.850. The number of benzene rings is 1. The summed E-state index contributed by atoms with van der Waals surface area (Å²) < 4.78 is 23.8. The molecule has 0 bridgehead atoms. The maximum absolute atomic E-state index is 11.9. The van der Waals surface area contributed by atoms with Crippen molar-refractivity contribution >= 4 is 44.3 Å². The van der Waals surface area contributed by atoms with E-state index in [1.165, 1.54) is 11.8 Å². The maximum Gasteiger partial charge on any atom is 0.303 e. The van der Waals surface area contributed by atoms with Crippen molar-refractivity contribution in [2.24, 2.45) is 4.99 Å². The first-order chi connectivity index (χ1) is 11.4.